The molecule has 2 N–H and O–H groups in total. The first kappa shape index (κ1) is 10.5. The molecule has 0 saturated carbocycles. The lowest BCUT2D eigenvalue weighted by molar-refractivity contribution is 0.280. The topological polar surface area (TPSA) is 40.5 Å². The summed E-state index contributed by atoms with van der Waals surface area (Å²) in [6.07, 6.45) is 0. The SMILES string of the molecule is OCc1cc(Br)c(O)c(Br)c1Br. The van der Waals surface area contributed by atoms with Crippen molar-refractivity contribution < 1.29 is 10.2 Å². The molecule has 0 atom stereocenters. The van der Waals surface area contributed by atoms with E-state index in [1.807, 2.05) is 0 Å². The normalized spacial score (nSPS) is 10.3. The third kappa shape index (κ3) is 1.84. The molecule has 0 saturated heterocycles. The largest absolute Gasteiger partial charge is 0.506 e. The van der Waals surface area contributed by atoms with Gasteiger partial charge in [-0.2, -0.15) is 0 Å². The van der Waals surface area contributed by atoms with Crippen molar-refractivity contribution in [1.29, 1.82) is 0 Å². The quantitative estimate of drug-likeness (QED) is 0.755. The van der Waals surface area contributed by atoms with Gasteiger partial charge in [0.05, 0.1) is 15.6 Å². The molecule has 0 aromatic heterocycles. The lowest BCUT2D eigenvalue weighted by atomic mass is 10.2. The summed E-state index contributed by atoms with van der Waals surface area (Å²) < 4.78 is 1.77. The number of benzene rings is 1. The van der Waals surface area contributed by atoms with Crippen molar-refractivity contribution in [3.63, 3.8) is 0 Å². The van der Waals surface area contributed by atoms with Crippen LogP contribution in [0.25, 0.3) is 0 Å². The van der Waals surface area contributed by atoms with Crippen molar-refractivity contribution in [2.75, 3.05) is 0 Å². The number of aliphatic hydroxyl groups excluding tert-OH is 1. The minimum atomic E-state index is -0.0714. The van der Waals surface area contributed by atoms with Crippen molar-refractivity contribution in [3.05, 3.63) is 25.0 Å². The first-order valence-corrected chi connectivity index (χ1v) is 5.42. The van der Waals surface area contributed by atoms with E-state index >= 15 is 0 Å². The summed E-state index contributed by atoms with van der Waals surface area (Å²) in [5.74, 6) is 0.124. The molecule has 1 aromatic rings. The van der Waals surface area contributed by atoms with Crippen molar-refractivity contribution in [2.45, 2.75) is 6.61 Å². The zero-order valence-electron chi connectivity index (χ0n) is 5.81. The maximum absolute atomic E-state index is 9.40. The first-order valence-electron chi connectivity index (χ1n) is 3.04. The van der Waals surface area contributed by atoms with Crippen LogP contribution in [-0.4, -0.2) is 10.2 Å². The van der Waals surface area contributed by atoms with Crippen LogP contribution >= 0.6 is 47.8 Å². The highest BCUT2D eigenvalue weighted by atomic mass is 79.9. The van der Waals surface area contributed by atoms with Crippen LogP contribution in [0.15, 0.2) is 19.5 Å². The Kier molecular flexibility index (Phi) is 3.58. The van der Waals surface area contributed by atoms with Gasteiger partial charge in [0, 0.05) is 4.47 Å². The van der Waals surface area contributed by atoms with E-state index in [2.05, 4.69) is 47.8 Å². The second-order valence-corrected chi connectivity index (χ2v) is 4.59. The van der Waals surface area contributed by atoms with E-state index in [0.717, 1.165) is 0 Å². The number of halogens is 3. The molecule has 12 heavy (non-hydrogen) atoms. The molecule has 2 nitrogen and oxygen atoms in total. The number of rotatable bonds is 1. The molecule has 66 valence electrons. The maximum Gasteiger partial charge on any atom is 0.145 e. The number of aromatic hydroxyl groups is 1. The van der Waals surface area contributed by atoms with Crippen molar-refractivity contribution in [3.8, 4) is 5.75 Å². The highest BCUT2D eigenvalue weighted by Crippen LogP contribution is 2.39. The van der Waals surface area contributed by atoms with Crippen LogP contribution in [0.5, 0.6) is 5.75 Å². The summed E-state index contributed by atoms with van der Waals surface area (Å²) >= 11 is 9.58. The summed E-state index contributed by atoms with van der Waals surface area (Å²) in [5, 5.41) is 18.3. The van der Waals surface area contributed by atoms with Gasteiger partial charge in [-0.1, -0.05) is 0 Å². The van der Waals surface area contributed by atoms with Gasteiger partial charge in [0.1, 0.15) is 5.75 Å². The predicted octanol–water partition coefficient (Wildman–Crippen LogP) is 3.17. The van der Waals surface area contributed by atoms with Crippen LogP contribution in [0.1, 0.15) is 5.56 Å². The minimum absolute atomic E-state index is 0.0714. The van der Waals surface area contributed by atoms with E-state index in [4.69, 9.17) is 5.11 Å². The Hall–Kier alpha value is 0.420. The van der Waals surface area contributed by atoms with E-state index in [1.165, 1.54) is 0 Å². The van der Waals surface area contributed by atoms with E-state index in [1.54, 1.807) is 6.07 Å². The Balaban J connectivity index is 3.39. The lowest BCUT2D eigenvalue weighted by Crippen LogP contribution is -1.87. The molecule has 0 heterocycles. The molecule has 0 fully saturated rings. The summed E-state index contributed by atoms with van der Waals surface area (Å²) in [6.45, 7) is -0.0714. The smallest absolute Gasteiger partial charge is 0.145 e. The van der Waals surface area contributed by atoms with Gasteiger partial charge in [-0.3, -0.25) is 0 Å². The molecular formula is C7H5Br3O2. The van der Waals surface area contributed by atoms with Gasteiger partial charge < -0.3 is 10.2 Å². The van der Waals surface area contributed by atoms with E-state index in [9.17, 15) is 5.11 Å². The number of aliphatic hydroxyl groups is 1. The second kappa shape index (κ2) is 4.09. The Morgan fingerprint density at radius 3 is 2.25 bits per heavy atom. The van der Waals surface area contributed by atoms with Crippen LogP contribution in [0.3, 0.4) is 0 Å². The molecule has 0 amide bonds. The summed E-state index contributed by atoms with van der Waals surface area (Å²) in [6, 6.07) is 1.66. The Morgan fingerprint density at radius 2 is 1.75 bits per heavy atom. The summed E-state index contributed by atoms with van der Waals surface area (Å²) in [7, 11) is 0. The fourth-order valence-corrected chi connectivity index (χ4v) is 2.39. The van der Waals surface area contributed by atoms with Gasteiger partial charge in [-0.05, 0) is 59.4 Å². The predicted molar refractivity (Wildman–Crippen MR) is 57.1 cm³/mol. The van der Waals surface area contributed by atoms with Crippen LogP contribution in [0, 0.1) is 0 Å². The van der Waals surface area contributed by atoms with Gasteiger partial charge in [0.15, 0.2) is 0 Å². The fourth-order valence-electron chi connectivity index (χ4n) is 0.749. The highest BCUT2D eigenvalue weighted by Gasteiger charge is 2.11. The fraction of sp³-hybridized carbons (Fsp3) is 0.143. The van der Waals surface area contributed by atoms with Crippen LogP contribution in [-0.2, 0) is 6.61 Å². The summed E-state index contributed by atoms with van der Waals surface area (Å²) in [4.78, 5) is 0. The van der Waals surface area contributed by atoms with Crippen LogP contribution in [0.4, 0.5) is 0 Å². The average Bonchev–Trinajstić information content (AvgIpc) is 2.08. The van der Waals surface area contributed by atoms with E-state index in [0.29, 0.717) is 19.0 Å². The zero-order valence-corrected chi connectivity index (χ0v) is 10.6. The van der Waals surface area contributed by atoms with Crippen LogP contribution < -0.4 is 0 Å². The molecular weight excluding hydrogens is 356 g/mol. The van der Waals surface area contributed by atoms with Gasteiger partial charge >= 0.3 is 0 Å². The van der Waals surface area contributed by atoms with Crippen molar-refractivity contribution >= 4 is 47.8 Å². The van der Waals surface area contributed by atoms with Crippen LogP contribution in [0.2, 0.25) is 0 Å². The maximum atomic E-state index is 9.40. The molecule has 1 aromatic carbocycles. The molecule has 1 rings (SSSR count). The third-order valence-electron chi connectivity index (χ3n) is 1.38. The average molecular weight is 361 g/mol. The Bertz CT molecular complexity index is 312. The molecule has 0 aliphatic heterocycles. The molecule has 0 aliphatic rings. The zero-order chi connectivity index (χ0) is 9.30. The molecule has 0 bridgehead atoms. The summed E-state index contributed by atoms with van der Waals surface area (Å²) in [5.41, 5.74) is 0.714. The van der Waals surface area contributed by atoms with Gasteiger partial charge in [0.2, 0.25) is 0 Å². The van der Waals surface area contributed by atoms with Crippen molar-refractivity contribution in [2.24, 2.45) is 0 Å². The van der Waals surface area contributed by atoms with E-state index in [-0.39, 0.29) is 12.4 Å². The van der Waals surface area contributed by atoms with E-state index < -0.39 is 0 Å². The highest BCUT2D eigenvalue weighted by molar-refractivity contribution is 9.13. The number of hydrogen-bond donors (Lipinski definition) is 2. The molecule has 0 aliphatic carbocycles. The number of phenolic OH excluding ortho intramolecular Hbond substituents is 1. The first-order chi connectivity index (χ1) is 5.57. The number of hydrogen-bond acceptors (Lipinski definition) is 2. The second-order valence-electron chi connectivity index (χ2n) is 2.15. The minimum Gasteiger partial charge on any atom is -0.506 e. The molecule has 0 spiro atoms. The van der Waals surface area contributed by atoms with Gasteiger partial charge in [-0.25, -0.2) is 0 Å². The Labute approximate surface area is 95.0 Å². The van der Waals surface area contributed by atoms with Crippen molar-refractivity contribution in [1.82, 2.24) is 0 Å². The Morgan fingerprint density at radius 1 is 1.17 bits per heavy atom. The molecule has 0 unspecified atom stereocenters. The lowest BCUT2D eigenvalue weighted by Gasteiger charge is -2.06. The standard InChI is InChI=1S/C7H5Br3O2/c8-4-1-3(2-11)5(9)6(10)7(4)12/h1,11-12H,2H2. The number of phenols is 1. The third-order valence-corrected chi connectivity index (χ3v) is 4.19. The van der Waals surface area contributed by atoms with Gasteiger partial charge in [-0.15, -0.1) is 0 Å². The van der Waals surface area contributed by atoms with Gasteiger partial charge in [0.25, 0.3) is 0 Å². The monoisotopic (exact) mass is 358 g/mol. The molecule has 0 radical (unpaired) electrons. The molecule has 5 heteroatoms.